The van der Waals surface area contributed by atoms with Gasteiger partial charge in [-0.3, -0.25) is 4.99 Å². The van der Waals surface area contributed by atoms with Crippen LogP contribution in [0.15, 0.2) is 35.6 Å². The molecule has 28 heavy (non-hydrogen) atoms. The largest absolute Gasteiger partial charge is 0.477 e. The van der Waals surface area contributed by atoms with E-state index >= 15 is 0 Å². The second-order valence-electron chi connectivity index (χ2n) is 7.20. The molecular weight excluding hydrogens is 377 g/mol. The molecule has 156 valence electrons. The molecular formula is C18H25F3N4O3. The van der Waals surface area contributed by atoms with Crippen LogP contribution in [0.25, 0.3) is 0 Å². The average molecular weight is 402 g/mol. The molecule has 0 radical (unpaired) electrons. The van der Waals surface area contributed by atoms with Gasteiger partial charge in [0.05, 0.1) is 6.04 Å². The highest BCUT2D eigenvalue weighted by molar-refractivity contribution is 6.40. The van der Waals surface area contributed by atoms with Crippen molar-refractivity contribution in [1.82, 2.24) is 9.88 Å². The number of carbonyl (C=O) groups is 1. The molecule has 2 heterocycles. The van der Waals surface area contributed by atoms with Crippen LogP contribution >= 0.6 is 0 Å². The van der Waals surface area contributed by atoms with Crippen LogP contribution in [0.4, 0.5) is 13.2 Å². The number of halogens is 3. The number of aliphatic carboxylic acids is 1. The number of rotatable bonds is 5. The molecule has 1 aliphatic heterocycles. The number of carboxylic acid groups (broad SMARTS) is 1. The molecule has 2 rings (SSSR count). The number of hydrogen-bond donors (Lipinski definition) is 2. The number of hydrogen-bond acceptors (Lipinski definition) is 6. The second-order valence-corrected chi connectivity index (χ2v) is 7.20. The topological polar surface area (TPSA) is 101 Å². The molecule has 0 aliphatic carbocycles. The number of pyridine rings is 1. The van der Waals surface area contributed by atoms with Crippen molar-refractivity contribution in [1.29, 1.82) is 0 Å². The van der Waals surface area contributed by atoms with E-state index in [0.717, 1.165) is 5.56 Å². The Morgan fingerprint density at radius 1 is 1.36 bits per heavy atom. The molecule has 3 N–H and O–H groups in total. The van der Waals surface area contributed by atoms with Crippen LogP contribution in [0.2, 0.25) is 0 Å². The molecule has 0 saturated carbocycles. The predicted molar refractivity (Wildman–Crippen MR) is 99.1 cm³/mol. The minimum absolute atomic E-state index is 0. The van der Waals surface area contributed by atoms with Gasteiger partial charge < -0.3 is 20.5 Å². The normalized spacial score (nSPS) is 15.3. The van der Waals surface area contributed by atoms with E-state index in [4.69, 9.17) is 10.8 Å². The second kappa shape index (κ2) is 9.54. The highest BCUT2D eigenvalue weighted by Crippen LogP contribution is 2.23. The number of nitrogens with two attached hydrogens (primary N) is 1. The fourth-order valence-corrected chi connectivity index (χ4v) is 1.89. The highest BCUT2D eigenvalue weighted by Gasteiger charge is 2.28. The summed E-state index contributed by atoms with van der Waals surface area (Å²) < 4.78 is 40.7. The molecule has 1 unspecified atom stereocenters. The lowest BCUT2D eigenvalue weighted by Gasteiger charge is -2.28. The van der Waals surface area contributed by atoms with Crippen LogP contribution in [-0.4, -0.2) is 51.7 Å². The summed E-state index contributed by atoms with van der Waals surface area (Å²) in [4.78, 5) is 20.3. The number of aliphatic imine (C=N–C) groups is 1. The van der Waals surface area contributed by atoms with Crippen molar-refractivity contribution in [2.75, 3.05) is 13.3 Å². The Morgan fingerprint density at radius 3 is 2.36 bits per heavy atom. The van der Waals surface area contributed by atoms with Crippen molar-refractivity contribution in [2.45, 2.75) is 45.5 Å². The Morgan fingerprint density at radius 2 is 1.96 bits per heavy atom. The van der Waals surface area contributed by atoms with Crippen molar-refractivity contribution >= 4 is 11.7 Å². The van der Waals surface area contributed by atoms with Gasteiger partial charge in [-0.15, -0.1) is 0 Å². The number of ether oxygens (including phenoxy) is 1. The van der Waals surface area contributed by atoms with Crippen LogP contribution in [0.1, 0.15) is 39.3 Å². The fraction of sp³-hybridized carbons (Fsp3) is 0.500. The van der Waals surface area contributed by atoms with E-state index in [1.54, 1.807) is 17.2 Å². The van der Waals surface area contributed by atoms with Gasteiger partial charge in [0.2, 0.25) is 5.88 Å². The van der Waals surface area contributed by atoms with Gasteiger partial charge in [0, 0.05) is 24.0 Å². The van der Waals surface area contributed by atoms with Crippen LogP contribution in [0.5, 0.6) is 5.88 Å². The van der Waals surface area contributed by atoms with Crippen LogP contribution in [0, 0.1) is 0 Å². The third-order valence-electron chi connectivity index (χ3n) is 3.17. The summed E-state index contributed by atoms with van der Waals surface area (Å²) in [6.45, 7) is 6.52. The van der Waals surface area contributed by atoms with Gasteiger partial charge >= 0.3 is 12.1 Å². The molecule has 10 heteroatoms. The fourth-order valence-electron chi connectivity index (χ4n) is 1.89. The third-order valence-corrected chi connectivity index (χ3v) is 3.17. The lowest BCUT2D eigenvalue weighted by molar-refractivity contribution is -0.154. The summed E-state index contributed by atoms with van der Waals surface area (Å²) in [5.41, 5.74) is 6.07. The van der Waals surface area contributed by atoms with Crippen molar-refractivity contribution in [3.05, 3.63) is 36.2 Å². The molecule has 1 aromatic rings. The summed E-state index contributed by atoms with van der Waals surface area (Å²) in [5, 5.41) is 8.81. The highest BCUT2D eigenvalue weighted by atomic mass is 19.4. The predicted octanol–water partition coefficient (Wildman–Crippen LogP) is 3.14. The Kier molecular flexibility index (Phi) is 7.98. The zero-order valence-corrected chi connectivity index (χ0v) is 16.2. The summed E-state index contributed by atoms with van der Waals surface area (Å²) in [6, 6.07) is 2.79. The molecule has 0 saturated heterocycles. The molecule has 0 bridgehead atoms. The quantitative estimate of drug-likeness (QED) is 0.785. The molecule has 7 nitrogen and oxygen atoms in total. The standard InChI is InChI=1S/C14H14F3N3O3.C4H11N/c1-9(20-5-4-11(13(21)22)19-8-20)10-2-3-12(18-6-10)23-7-14(15,16)17;1-4(2,3)5/h2-6,9H,7-8H2,1H3,(H,21,22);5H2,1-3H3. The molecule has 0 spiro atoms. The molecule has 0 fully saturated rings. The summed E-state index contributed by atoms with van der Waals surface area (Å²) in [7, 11) is 0. The zero-order chi connectivity index (χ0) is 21.5. The van der Waals surface area contributed by atoms with E-state index in [2.05, 4.69) is 14.7 Å². The number of carboxylic acids is 1. The lowest BCUT2D eigenvalue weighted by atomic mass is 10.1. The summed E-state index contributed by atoms with van der Waals surface area (Å²) >= 11 is 0. The first kappa shape index (κ1) is 23.4. The van der Waals surface area contributed by atoms with Gasteiger partial charge in [-0.1, -0.05) is 6.07 Å². The first-order chi connectivity index (χ1) is 12.8. The van der Waals surface area contributed by atoms with E-state index in [-0.39, 0.29) is 29.8 Å². The zero-order valence-electron chi connectivity index (χ0n) is 16.2. The van der Waals surface area contributed by atoms with E-state index < -0.39 is 18.8 Å². The molecule has 1 aliphatic rings. The maximum absolute atomic E-state index is 12.1. The molecule has 0 amide bonds. The number of aromatic nitrogens is 1. The third kappa shape index (κ3) is 9.36. The molecule has 0 aromatic carbocycles. The molecule has 1 aromatic heterocycles. The van der Waals surface area contributed by atoms with Gasteiger partial charge in [-0.25, -0.2) is 9.78 Å². The maximum Gasteiger partial charge on any atom is 0.422 e. The van der Waals surface area contributed by atoms with E-state index in [1.807, 2.05) is 27.7 Å². The first-order valence-corrected chi connectivity index (χ1v) is 8.42. The Hall–Kier alpha value is -2.62. The van der Waals surface area contributed by atoms with E-state index in [0.29, 0.717) is 0 Å². The minimum Gasteiger partial charge on any atom is -0.477 e. The van der Waals surface area contributed by atoms with Gasteiger partial charge in [0.1, 0.15) is 12.4 Å². The number of alkyl halides is 3. The monoisotopic (exact) mass is 402 g/mol. The first-order valence-electron chi connectivity index (χ1n) is 8.42. The Bertz CT molecular complexity index is 704. The van der Waals surface area contributed by atoms with Crippen molar-refractivity contribution in [2.24, 2.45) is 10.7 Å². The minimum atomic E-state index is -4.41. The van der Waals surface area contributed by atoms with Crippen LogP contribution in [-0.2, 0) is 4.79 Å². The van der Waals surface area contributed by atoms with Gasteiger partial charge in [-0.05, 0) is 39.3 Å². The SMILES string of the molecule is CC(C)(C)N.CC(c1ccc(OCC(F)(F)F)nc1)N1C=CC(C(=O)O)=NC1. The molecule has 1 atom stereocenters. The summed E-state index contributed by atoms with van der Waals surface area (Å²) in [5.74, 6) is -1.21. The van der Waals surface area contributed by atoms with Gasteiger partial charge in [0.25, 0.3) is 0 Å². The summed E-state index contributed by atoms with van der Waals surface area (Å²) in [6.07, 6.45) is -0.00150. The van der Waals surface area contributed by atoms with Crippen LogP contribution < -0.4 is 10.5 Å². The van der Waals surface area contributed by atoms with Crippen molar-refractivity contribution in [3.8, 4) is 5.88 Å². The number of nitrogens with zero attached hydrogens (tertiary/aromatic N) is 3. The van der Waals surface area contributed by atoms with E-state index in [9.17, 15) is 18.0 Å². The Labute approximate surface area is 161 Å². The van der Waals surface area contributed by atoms with E-state index in [1.165, 1.54) is 18.3 Å². The Balaban J connectivity index is 0.000000696. The maximum atomic E-state index is 12.1. The van der Waals surface area contributed by atoms with Crippen molar-refractivity contribution < 1.29 is 27.8 Å². The average Bonchev–Trinajstić information content (AvgIpc) is 2.58. The smallest absolute Gasteiger partial charge is 0.422 e. The van der Waals surface area contributed by atoms with Gasteiger partial charge in [0.15, 0.2) is 6.61 Å². The lowest BCUT2D eigenvalue weighted by Crippen LogP contribution is -2.27. The van der Waals surface area contributed by atoms with Crippen molar-refractivity contribution in [3.63, 3.8) is 0 Å². The van der Waals surface area contributed by atoms with Crippen LogP contribution in [0.3, 0.4) is 0 Å². The van der Waals surface area contributed by atoms with Gasteiger partial charge in [-0.2, -0.15) is 13.2 Å².